The molecule has 0 saturated heterocycles. The fraction of sp³-hybridized carbons (Fsp3) is 0.500. The van der Waals surface area contributed by atoms with Gasteiger partial charge in [0, 0.05) is 5.41 Å². The number of rotatable bonds is 4. The lowest BCUT2D eigenvalue weighted by Crippen LogP contribution is -2.13. The highest BCUT2D eigenvalue weighted by atomic mass is 16.4. The number of carboxylic acid groups (broad SMARTS) is 1. The molecule has 0 aliphatic heterocycles. The number of benzene rings is 1. The number of aliphatic carboxylic acids is 1. The normalized spacial score (nSPS) is 21.8. The Bertz CT molecular complexity index is 428. The summed E-state index contributed by atoms with van der Waals surface area (Å²) in [5, 5.41) is 8.94. The van der Waals surface area contributed by atoms with Gasteiger partial charge in [0.2, 0.25) is 0 Å². The van der Waals surface area contributed by atoms with Crippen LogP contribution in [0.15, 0.2) is 24.3 Å². The van der Waals surface area contributed by atoms with Crippen LogP contribution in [-0.2, 0) is 10.2 Å². The molecule has 0 spiro atoms. The number of carbonyl (C=O) groups is 1. The predicted octanol–water partition coefficient (Wildman–Crippen LogP) is 3.07. The molecule has 0 bridgehead atoms. The molecule has 0 atom stereocenters. The molecule has 2 saturated carbocycles. The summed E-state index contributed by atoms with van der Waals surface area (Å²) in [5.74, 6) is 0.0786. The molecule has 84 valence electrons. The molecule has 1 aromatic carbocycles. The van der Waals surface area contributed by atoms with Crippen LogP contribution in [0.25, 0.3) is 0 Å². The van der Waals surface area contributed by atoms with Gasteiger partial charge in [-0.3, -0.25) is 4.79 Å². The van der Waals surface area contributed by atoms with Crippen LogP contribution >= 0.6 is 0 Å². The molecule has 2 nitrogen and oxygen atoms in total. The van der Waals surface area contributed by atoms with Crippen molar-refractivity contribution in [2.45, 2.75) is 43.4 Å². The van der Waals surface area contributed by atoms with Gasteiger partial charge in [-0.15, -0.1) is 0 Å². The van der Waals surface area contributed by atoms with Crippen molar-refractivity contribution < 1.29 is 9.90 Å². The summed E-state index contributed by atoms with van der Waals surface area (Å²) < 4.78 is 0. The van der Waals surface area contributed by atoms with Crippen molar-refractivity contribution in [3.05, 3.63) is 35.4 Å². The molecule has 0 radical (unpaired) electrons. The van der Waals surface area contributed by atoms with Crippen molar-refractivity contribution in [2.24, 2.45) is 0 Å². The van der Waals surface area contributed by atoms with E-state index in [0.29, 0.717) is 6.42 Å². The molecular formula is C14H16O2. The van der Waals surface area contributed by atoms with E-state index in [1.54, 1.807) is 0 Å². The second-order valence-corrected chi connectivity index (χ2v) is 5.25. The average molecular weight is 216 g/mol. The highest BCUT2D eigenvalue weighted by molar-refractivity contribution is 5.70. The fourth-order valence-corrected chi connectivity index (χ4v) is 2.55. The Morgan fingerprint density at radius 3 is 2.69 bits per heavy atom. The van der Waals surface area contributed by atoms with Crippen LogP contribution in [0.2, 0.25) is 0 Å². The van der Waals surface area contributed by atoms with Gasteiger partial charge in [-0.05, 0) is 42.7 Å². The van der Waals surface area contributed by atoms with Gasteiger partial charge in [0.1, 0.15) is 0 Å². The van der Waals surface area contributed by atoms with Crippen molar-refractivity contribution >= 4 is 5.97 Å². The zero-order valence-corrected chi connectivity index (χ0v) is 9.28. The molecule has 0 heterocycles. The molecule has 0 aromatic heterocycles. The Morgan fingerprint density at radius 2 is 2.12 bits per heavy atom. The lowest BCUT2D eigenvalue weighted by molar-refractivity contribution is -0.137. The highest BCUT2D eigenvalue weighted by Crippen LogP contribution is 2.52. The van der Waals surface area contributed by atoms with E-state index in [0.717, 1.165) is 18.8 Å². The lowest BCUT2D eigenvalue weighted by Gasteiger charge is -2.14. The first kappa shape index (κ1) is 9.88. The second-order valence-electron chi connectivity index (χ2n) is 5.25. The number of hydrogen-bond acceptors (Lipinski definition) is 1. The van der Waals surface area contributed by atoms with Crippen molar-refractivity contribution in [3.63, 3.8) is 0 Å². The molecule has 0 unspecified atom stereocenters. The Balaban J connectivity index is 1.88. The van der Waals surface area contributed by atoms with Crippen molar-refractivity contribution in [2.75, 3.05) is 0 Å². The first-order chi connectivity index (χ1) is 7.70. The minimum atomic E-state index is -0.672. The zero-order chi connectivity index (χ0) is 11.2. The zero-order valence-electron chi connectivity index (χ0n) is 9.28. The Kier molecular flexibility index (Phi) is 2.06. The summed E-state index contributed by atoms with van der Waals surface area (Å²) in [7, 11) is 0. The quantitative estimate of drug-likeness (QED) is 0.839. The maximum Gasteiger partial charge on any atom is 0.304 e. The molecule has 1 aromatic rings. The van der Waals surface area contributed by atoms with Gasteiger partial charge in [0.25, 0.3) is 0 Å². The first-order valence-corrected chi connectivity index (χ1v) is 6.02. The van der Waals surface area contributed by atoms with Gasteiger partial charge in [-0.2, -0.15) is 0 Å². The van der Waals surface area contributed by atoms with Gasteiger partial charge in [-0.25, -0.2) is 0 Å². The van der Waals surface area contributed by atoms with E-state index in [4.69, 9.17) is 5.11 Å². The van der Waals surface area contributed by atoms with Gasteiger partial charge in [-0.1, -0.05) is 24.3 Å². The smallest absolute Gasteiger partial charge is 0.304 e. The SMILES string of the molecule is O=C(O)CC1(c2cccc(C3CC3)c2)CC1. The monoisotopic (exact) mass is 216 g/mol. The molecule has 16 heavy (non-hydrogen) atoms. The van der Waals surface area contributed by atoms with E-state index in [2.05, 4.69) is 24.3 Å². The standard InChI is InChI=1S/C14H16O2/c15-13(16)9-14(6-7-14)12-3-1-2-11(8-12)10-4-5-10/h1-3,8,10H,4-7,9H2,(H,15,16). The predicted molar refractivity (Wildman–Crippen MR) is 61.6 cm³/mol. The van der Waals surface area contributed by atoms with E-state index in [-0.39, 0.29) is 5.41 Å². The summed E-state index contributed by atoms with van der Waals surface area (Å²) in [6.45, 7) is 0. The van der Waals surface area contributed by atoms with Gasteiger partial charge in [0.05, 0.1) is 6.42 Å². The fourth-order valence-electron chi connectivity index (χ4n) is 2.55. The third-order valence-electron chi connectivity index (χ3n) is 3.89. The molecule has 2 aliphatic rings. The molecule has 1 N–H and O–H groups in total. The Hall–Kier alpha value is -1.31. The molecular weight excluding hydrogens is 200 g/mol. The minimum absolute atomic E-state index is 0.0310. The summed E-state index contributed by atoms with van der Waals surface area (Å²) >= 11 is 0. The molecule has 3 rings (SSSR count). The summed E-state index contributed by atoms with van der Waals surface area (Å²) in [4.78, 5) is 10.9. The van der Waals surface area contributed by atoms with E-state index in [1.807, 2.05) is 0 Å². The number of carboxylic acids is 1. The molecule has 0 amide bonds. The third kappa shape index (κ3) is 1.73. The van der Waals surface area contributed by atoms with E-state index >= 15 is 0 Å². The minimum Gasteiger partial charge on any atom is -0.481 e. The molecule has 2 fully saturated rings. The van der Waals surface area contributed by atoms with Crippen LogP contribution < -0.4 is 0 Å². The second kappa shape index (κ2) is 3.34. The van der Waals surface area contributed by atoms with Crippen LogP contribution in [0, 0.1) is 0 Å². The van der Waals surface area contributed by atoms with Crippen molar-refractivity contribution in [1.82, 2.24) is 0 Å². The largest absolute Gasteiger partial charge is 0.481 e. The lowest BCUT2D eigenvalue weighted by atomic mass is 9.90. The van der Waals surface area contributed by atoms with Crippen LogP contribution in [0.4, 0.5) is 0 Å². The van der Waals surface area contributed by atoms with Crippen LogP contribution in [0.5, 0.6) is 0 Å². The maximum absolute atomic E-state index is 10.9. The van der Waals surface area contributed by atoms with Crippen LogP contribution in [-0.4, -0.2) is 11.1 Å². The Morgan fingerprint density at radius 1 is 1.38 bits per heavy atom. The topological polar surface area (TPSA) is 37.3 Å². The van der Waals surface area contributed by atoms with Crippen molar-refractivity contribution in [1.29, 1.82) is 0 Å². The Labute approximate surface area is 95.3 Å². The molecule has 2 heteroatoms. The van der Waals surface area contributed by atoms with Crippen LogP contribution in [0.3, 0.4) is 0 Å². The van der Waals surface area contributed by atoms with Crippen molar-refractivity contribution in [3.8, 4) is 0 Å². The number of hydrogen-bond donors (Lipinski definition) is 1. The average Bonchev–Trinajstić information content (AvgIpc) is 3.12. The highest BCUT2D eigenvalue weighted by Gasteiger charge is 2.46. The summed E-state index contributed by atoms with van der Waals surface area (Å²) in [6.07, 6.45) is 4.97. The van der Waals surface area contributed by atoms with E-state index in [9.17, 15) is 4.79 Å². The van der Waals surface area contributed by atoms with Gasteiger partial charge >= 0.3 is 5.97 Å². The van der Waals surface area contributed by atoms with Gasteiger partial charge < -0.3 is 5.11 Å². The van der Waals surface area contributed by atoms with Gasteiger partial charge in [0.15, 0.2) is 0 Å². The van der Waals surface area contributed by atoms with Crippen LogP contribution in [0.1, 0.15) is 49.1 Å². The third-order valence-corrected chi connectivity index (χ3v) is 3.89. The first-order valence-electron chi connectivity index (χ1n) is 6.02. The van der Waals surface area contributed by atoms with E-state index in [1.165, 1.54) is 24.0 Å². The summed E-state index contributed by atoms with van der Waals surface area (Å²) in [6, 6.07) is 8.61. The maximum atomic E-state index is 10.9. The van der Waals surface area contributed by atoms with E-state index < -0.39 is 5.97 Å². The summed E-state index contributed by atoms with van der Waals surface area (Å²) in [5.41, 5.74) is 2.63. The molecule has 2 aliphatic carbocycles.